The maximum atomic E-state index is 12.2. The summed E-state index contributed by atoms with van der Waals surface area (Å²) in [5.41, 5.74) is 1.58. The van der Waals surface area contributed by atoms with Crippen molar-refractivity contribution in [2.45, 2.75) is 39.0 Å². The molecule has 0 heterocycles. The Bertz CT molecular complexity index is 595. The first-order valence-electron chi connectivity index (χ1n) is 7.06. The van der Waals surface area contributed by atoms with E-state index < -0.39 is 10.0 Å². The summed E-state index contributed by atoms with van der Waals surface area (Å²) in [5, 5.41) is 2.75. The van der Waals surface area contributed by atoms with Gasteiger partial charge in [-0.3, -0.25) is 4.79 Å². The summed E-state index contributed by atoms with van der Waals surface area (Å²) in [4.78, 5) is 11.8. The van der Waals surface area contributed by atoms with Crippen LogP contribution in [0, 0.1) is 19.8 Å². The zero-order valence-electron chi connectivity index (χ0n) is 13.1. The van der Waals surface area contributed by atoms with Gasteiger partial charge in [0.15, 0.2) is 0 Å². The van der Waals surface area contributed by atoms with Gasteiger partial charge in [-0.05, 0) is 37.0 Å². The molecule has 0 fully saturated rings. The molecule has 118 valence electrons. The molecule has 0 saturated carbocycles. The zero-order valence-corrected chi connectivity index (χ0v) is 13.9. The SMILES string of the molecule is Cc1ccc(C)c(S(=O)(=O)NCCC(=O)NCC(C)C)c1. The number of sulfonamides is 1. The molecule has 0 radical (unpaired) electrons. The van der Waals surface area contributed by atoms with Gasteiger partial charge in [-0.15, -0.1) is 0 Å². The normalized spacial score (nSPS) is 11.7. The Morgan fingerprint density at radius 1 is 1.24 bits per heavy atom. The second-order valence-electron chi connectivity index (χ2n) is 5.61. The van der Waals surface area contributed by atoms with Crippen molar-refractivity contribution < 1.29 is 13.2 Å². The van der Waals surface area contributed by atoms with Crippen LogP contribution in [0.2, 0.25) is 0 Å². The van der Waals surface area contributed by atoms with Crippen molar-refractivity contribution in [3.8, 4) is 0 Å². The Labute approximate surface area is 127 Å². The average Bonchev–Trinajstić information content (AvgIpc) is 2.39. The van der Waals surface area contributed by atoms with Crippen molar-refractivity contribution in [3.63, 3.8) is 0 Å². The van der Waals surface area contributed by atoms with Gasteiger partial charge in [0.2, 0.25) is 15.9 Å². The van der Waals surface area contributed by atoms with Gasteiger partial charge in [0.25, 0.3) is 0 Å². The molecule has 0 aliphatic heterocycles. The Balaban J connectivity index is 2.58. The van der Waals surface area contributed by atoms with Crippen LogP contribution in [0.4, 0.5) is 0 Å². The van der Waals surface area contributed by atoms with E-state index >= 15 is 0 Å². The Morgan fingerprint density at radius 2 is 1.90 bits per heavy atom. The highest BCUT2D eigenvalue weighted by atomic mass is 32.2. The second kappa shape index (κ2) is 7.56. The van der Waals surface area contributed by atoms with E-state index in [0.29, 0.717) is 18.0 Å². The van der Waals surface area contributed by atoms with Crippen LogP contribution in [0.5, 0.6) is 0 Å². The first-order valence-corrected chi connectivity index (χ1v) is 8.54. The zero-order chi connectivity index (χ0) is 16.0. The van der Waals surface area contributed by atoms with Gasteiger partial charge >= 0.3 is 0 Å². The van der Waals surface area contributed by atoms with Gasteiger partial charge in [-0.1, -0.05) is 26.0 Å². The Morgan fingerprint density at radius 3 is 2.52 bits per heavy atom. The lowest BCUT2D eigenvalue weighted by Crippen LogP contribution is -2.32. The second-order valence-corrected chi connectivity index (χ2v) is 7.35. The number of aryl methyl sites for hydroxylation is 2. The van der Waals surface area contributed by atoms with Crippen molar-refractivity contribution >= 4 is 15.9 Å². The van der Waals surface area contributed by atoms with Crippen LogP contribution in [-0.4, -0.2) is 27.4 Å². The minimum absolute atomic E-state index is 0.0969. The highest BCUT2D eigenvalue weighted by Crippen LogP contribution is 2.16. The van der Waals surface area contributed by atoms with E-state index in [0.717, 1.165) is 5.56 Å². The van der Waals surface area contributed by atoms with E-state index in [4.69, 9.17) is 0 Å². The number of hydrogen-bond acceptors (Lipinski definition) is 3. The molecular formula is C15H24N2O3S. The summed E-state index contributed by atoms with van der Waals surface area (Å²) in [6, 6.07) is 5.28. The van der Waals surface area contributed by atoms with E-state index in [2.05, 4.69) is 10.0 Å². The van der Waals surface area contributed by atoms with Crippen LogP contribution in [0.25, 0.3) is 0 Å². The molecule has 0 spiro atoms. The van der Waals surface area contributed by atoms with Crippen LogP contribution < -0.4 is 10.0 Å². The highest BCUT2D eigenvalue weighted by Gasteiger charge is 2.16. The molecule has 0 saturated heterocycles. The fourth-order valence-corrected chi connectivity index (χ4v) is 3.14. The maximum Gasteiger partial charge on any atom is 0.240 e. The molecule has 5 nitrogen and oxygen atoms in total. The first-order chi connectivity index (χ1) is 9.72. The fraction of sp³-hybridized carbons (Fsp3) is 0.533. The molecule has 2 N–H and O–H groups in total. The third-order valence-electron chi connectivity index (χ3n) is 2.98. The molecule has 21 heavy (non-hydrogen) atoms. The summed E-state index contributed by atoms with van der Waals surface area (Å²) in [6.45, 7) is 8.30. The topological polar surface area (TPSA) is 75.3 Å². The van der Waals surface area contributed by atoms with Gasteiger partial charge in [-0.25, -0.2) is 13.1 Å². The minimum atomic E-state index is -3.57. The smallest absolute Gasteiger partial charge is 0.240 e. The largest absolute Gasteiger partial charge is 0.356 e. The molecule has 1 amide bonds. The van der Waals surface area contributed by atoms with Crippen LogP contribution in [-0.2, 0) is 14.8 Å². The number of hydrogen-bond donors (Lipinski definition) is 2. The van der Waals surface area contributed by atoms with Gasteiger partial charge < -0.3 is 5.32 Å². The van der Waals surface area contributed by atoms with E-state index in [1.165, 1.54) is 0 Å². The summed E-state index contributed by atoms with van der Waals surface area (Å²) >= 11 is 0. The lowest BCUT2D eigenvalue weighted by atomic mass is 10.2. The van der Waals surface area contributed by atoms with E-state index in [-0.39, 0.29) is 23.8 Å². The van der Waals surface area contributed by atoms with Crippen molar-refractivity contribution in [3.05, 3.63) is 29.3 Å². The summed E-state index contributed by atoms with van der Waals surface area (Å²) in [6.07, 6.45) is 0.136. The molecule has 0 aliphatic rings. The molecule has 1 aromatic rings. The van der Waals surface area contributed by atoms with E-state index in [1.807, 2.05) is 26.8 Å². The summed E-state index contributed by atoms with van der Waals surface area (Å²) < 4.78 is 26.9. The van der Waals surface area contributed by atoms with E-state index in [9.17, 15) is 13.2 Å². The van der Waals surface area contributed by atoms with Gasteiger partial charge in [0.1, 0.15) is 0 Å². The third kappa shape index (κ3) is 5.85. The highest BCUT2D eigenvalue weighted by molar-refractivity contribution is 7.89. The molecule has 0 atom stereocenters. The van der Waals surface area contributed by atoms with Crippen LogP contribution in [0.15, 0.2) is 23.1 Å². The Hall–Kier alpha value is -1.40. The molecule has 0 bridgehead atoms. The predicted molar refractivity (Wildman–Crippen MR) is 83.6 cm³/mol. The van der Waals surface area contributed by atoms with Crippen molar-refractivity contribution in [1.29, 1.82) is 0 Å². The van der Waals surface area contributed by atoms with Crippen molar-refractivity contribution in [1.82, 2.24) is 10.0 Å². The lowest BCUT2D eigenvalue weighted by Gasteiger charge is -2.11. The maximum absolute atomic E-state index is 12.2. The quantitative estimate of drug-likeness (QED) is 0.805. The molecule has 6 heteroatoms. The van der Waals surface area contributed by atoms with Gasteiger partial charge in [0.05, 0.1) is 4.90 Å². The van der Waals surface area contributed by atoms with Gasteiger partial charge in [0, 0.05) is 19.5 Å². The monoisotopic (exact) mass is 312 g/mol. The van der Waals surface area contributed by atoms with E-state index in [1.54, 1.807) is 19.1 Å². The van der Waals surface area contributed by atoms with Crippen molar-refractivity contribution in [2.75, 3.05) is 13.1 Å². The standard InChI is InChI=1S/C15H24N2O3S/c1-11(2)10-16-15(18)7-8-17-21(19,20)14-9-12(3)5-6-13(14)4/h5-6,9,11,17H,7-8,10H2,1-4H3,(H,16,18). The van der Waals surface area contributed by atoms with Crippen LogP contribution >= 0.6 is 0 Å². The lowest BCUT2D eigenvalue weighted by molar-refractivity contribution is -0.121. The first kappa shape index (κ1) is 17.7. The number of amides is 1. The number of benzene rings is 1. The van der Waals surface area contributed by atoms with Crippen LogP contribution in [0.1, 0.15) is 31.4 Å². The predicted octanol–water partition coefficient (Wildman–Crippen LogP) is 1.74. The van der Waals surface area contributed by atoms with Crippen molar-refractivity contribution in [2.24, 2.45) is 5.92 Å². The average molecular weight is 312 g/mol. The molecule has 0 aliphatic carbocycles. The fourth-order valence-electron chi connectivity index (χ4n) is 1.78. The van der Waals surface area contributed by atoms with Gasteiger partial charge in [-0.2, -0.15) is 0 Å². The number of carbonyl (C=O) groups is 1. The number of carbonyl (C=O) groups excluding carboxylic acids is 1. The molecule has 1 rings (SSSR count). The number of nitrogens with one attached hydrogen (secondary N) is 2. The van der Waals surface area contributed by atoms with Crippen LogP contribution in [0.3, 0.4) is 0 Å². The summed E-state index contributed by atoms with van der Waals surface area (Å²) in [7, 11) is -3.57. The third-order valence-corrected chi connectivity index (χ3v) is 4.59. The molecule has 0 aromatic heterocycles. The minimum Gasteiger partial charge on any atom is -0.356 e. The molecule has 0 unspecified atom stereocenters. The number of rotatable bonds is 7. The Kier molecular flexibility index (Phi) is 6.36. The molecule has 1 aromatic carbocycles. The molecular weight excluding hydrogens is 288 g/mol. The summed E-state index contributed by atoms with van der Waals surface area (Å²) in [5.74, 6) is 0.230.